The summed E-state index contributed by atoms with van der Waals surface area (Å²) in [7, 11) is 0. The van der Waals surface area contributed by atoms with Crippen LogP contribution in [0.2, 0.25) is 0 Å². The lowest BCUT2D eigenvalue weighted by Crippen LogP contribution is -2.50. The molecule has 4 heterocycles. The van der Waals surface area contributed by atoms with Crippen LogP contribution in [0.3, 0.4) is 0 Å². The van der Waals surface area contributed by atoms with Crippen LogP contribution in [-0.4, -0.2) is 46.8 Å². The number of thiophene rings is 1. The Morgan fingerprint density at radius 2 is 2.32 bits per heavy atom. The molecule has 0 aromatic carbocycles. The minimum Gasteiger partial charge on any atom is -0.425 e. The summed E-state index contributed by atoms with van der Waals surface area (Å²) < 4.78 is 11.6. The summed E-state index contributed by atoms with van der Waals surface area (Å²) in [5.74, 6) is 1.69. The fourth-order valence-electron chi connectivity index (χ4n) is 3.73. The maximum absolute atomic E-state index is 12.6. The monoisotopic (exact) mass is 359 g/mol. The normalized spacial score (nSPS) is 26.8. The fourth-order valence-corrected chi connectivity index (χ4v) is 4.35. The van der Waals surface area contributed by atoms with E-state index in [4.69, 9.17) is 9.15 Å². The predicted octanol–water partition coefficient (Wildman–Crippen LogP) is 2.87. The molecule has 0 unspecified atom stereocenters. The van der Waals surface area contributed by atoms with E-state index in [0.29, 0.717) is 24.9 Å². The summed E-state index contributed by atoms with van der Waals surface area (Å²) in [6.07, 6.45) is 5.43. The number of carbonyl (C=O) groups excluding carboxylic acids is 1. The molecule has 0 spiro atoms. The molecule has 25 heavy (non-hydrogen) atoms. The van der Waals surface area contributed by atoms with E-state index < -0.39 is 0 Å². The van der Waals surface area contributed by atoms with Crippen LogP contribution in [0.15, 0.2) is 28.0 Å². The van der Waals surface area contributed by atoms with E-state index in [1.807, 2.05) is 28.5 Å². The Morgan fingerprint density at radius 3 is 3.08 bits per heavy atom. The third-order valence-corrected chi connectivity index (χ3v) is 5.81. The van der Waals surface area contributed by atoms with Gasteiger partial charge < -0.3 is 14.1 Å². The number of aromatic nitrogens is 2. The van der Waals surface area contributed by atoms with Gasteiger partial charge in [-0.1, -0.05) is 6.07 Å². The van der Waals surface area contributed by atoms with Crippen LogP contribution in [-0.2, 0) is 9.53 Å². The number of rotatable bonds is 3. The van der Waals surface area contributed by atoms with Gasteiger partial charge in [0.25, 0.3) is 0 Å². The molecule has 132 valence electrons. The highest BCUT2D eigenvalue weighted by Gasteiger charge is 2.42. The van der Waals surface area contributed by atoms with Crippen molar-refractivity contribution >= 4 is 23.3 Å². The molecular weight excluding hydrogens is 338 g/mol. The van der Waals surface area contributed by atoms with E-state index in [2.05, 4.69) is 10.2 Å². The first-order valence-electron chi connectivity index (χ1n) is 8.63. The molecule has 2 aliphatic rings. The summed E-state index contributed by atoms with van der Waals surface area (Å²) in [6.45, 7) is 3.91. The largest absolute Gasteiger partial charge is 0.425 e. The minimum atomic E-state index is 0.0536. The van der Waals surface area contributed by atoms with E-state index >= 15 is 0 Å². The smallest absolute Gasteiger partial charge is 0.246 e. The zero-order valence-corrected chi connectivity index (χ0v) is 14.9. The molecule has 2 aromatic rings. The summed E-state index contributed by atoms with van der Waals surface area (Å²) >= 11 is 1.62. The number of amides is 1. The third kappa shape index (κ3) is 3.52. The van der Waals surface area contributed by atoms with Crippen molar-refractivity contribution in [3.63, 3.8) is 0 Å². The highest BCUT2D eigenvalue weighted by molar-refractivity contribution is 7.10. The van der Waals surface area contributed by atoms with Crippen molar-refractivity contribution in [1.29, 1.82) is 0 Å². The van der Waals surface area contributed by atoms with E-state index in [1.54, 1.807) is 24.3 Å². The predicted molar refractivity (Wildman–Crippen MR) is 94.2 cm³/mol. The molecule has 0 saturated carbocycles. The topological polar surface area (TPSA) is 68.5 Å². The van der Waals surface area contributed by atoms with E-state index in [-0.39, 0.29) is 23.8 Å². The van der Waals surface area contributed by atoms with Gasteiger partial charge in [0, 0.05) is 49.4 Å². The number of hydrogen-bond acceptors (Lipinski definition) is 6. The van der Waals surface area contributed by atoms with Gasteiger partial charge in [-0.25, -0.2) is 0 Å². The van der Waals surface area contributed by atoms with E-state index in [0.717, 1.165) is 24.3 Å². The molecule has 2 fully saturated rings. The van der Waals surface area contributed by atoms with Crippen LogP contribution >= 0.6 is 11.3 Å². The van der Waals surface area contributed by atoms with Crippen LogP contribution < -0.4 is 0 Å². The van der Waals surface area contributed by atoms with Gasteiger partial charge in [-0.3, -0.25) is 4.79 Å². The first-order valence-corrected chi connectivity index (χ1v) is 9.51. The Labute approximate surface area is 150 Å². The molecule has 0 bridgehead atoms. The van der Waals surface area contributed by atoms with E-state index in [9.17, 15) is 4.79 Å². The van der Waals surface area contributed by atoms with E-state index in [1.165, 1.54) is 0 Å². The first-order chi connectivity index (χ1) is 12.2. The van der Waals surface area contributed by atoms with Crippen molar-refractivity contribution in [2.45, 2.75) is 31.8 Å². The van der Waals surface area contributed by atoms with Crippen LogP contribution in [0, 0.1) is 12.8 Å². The molecule has 6 nitrogen and oxygen atoms in total. The number of aryl methyl sites for hydroxylation is 1. The number of fused-ring (bicyclic) bond motifs is 1. The zero-order valence-electron chi connectivity index (χ0n) is 14.1. The minimum absolute atomic E-state index is 0.0536. The van der Waals surface area contributed by atoms with Gasteiger partial charge >= 0.3 is 0 Å². The average molecular weight is 359 g/mol. The Bertz CT molecular complexity index is 755. The molecule has 0 aliphatic carbocycles. The maximum Gasteiger partial charge on any atom is 0.246 e. The standard InChI is InChI=1S/C18H21N3O3S/c1-12-19-20-18(24-12)14-7-9-23-16-6-8-21(11-15(14)16)17(22)5-4-13-3-2-10-25-13/h2-5,10,14-16H,6-9,11H2,1H3/b5-4+/t14-,15-,16-/m1/s1. The average Bonchev–Trinajstić information content (AvgIpc) is 3.30. The number of piperidine rings is 1. The lowest BCUT2D eigenvalue weighted by molar-refractivity contribution is -0.134. The fraction of sp³-hybridized carbons (Fsp3) is 0.500. The summed E-state index contributed by atoms with van der Waals surface area (Å²) in [5, 5.41) is 10.2. The Balaban J connectivity index is 1.47. The Hall–Kier alpha value is -1.99. The molecule has 3 atom stereocenters. The van der Waals surface area contributed by atoms with Gasteiger partial charge in [-0.15, -0.1) is 21.5 Å². The maximum atomic E-state index is 12.6. The summed E-state index contributed by atoms with van der Waals surface area (Å²) in [4.78, 5) is 15.6. The molecule has 7 heteroatoms. The Kier molecular flexibility index (Phi) is 4.67. The van der Waals surface area contributed by atoms with Gasteiger partial charge in [0.2, 0.25) is 17.7 Å². The molecule has 2 saturated heterocycles. The summed E-state index contributed by atoms with van der Waals surface area (Å²) in [5.41, 5.74) is 0. The van der Waals surface area contributed by atoms with Crippen molar-refractivity contribution < 1.29 is 13.9 Å². The lowest BCUT2D eigenvalue weighted by Gasteiger charge is -2.43. The molecule has 2 aromatic heterocycles. The van der Waals surface area contributed by atoms with Crippen LogP contribution in [0.5, 0.6) is 0 Å². The zero-order chi connectivity index (χ0) is 17.2. The van der Waals surface area contributed by atoms with Gasteiger partial charge in [-0.2, -0.15) is 0 Å². The Morgan fingerprint density at radius 1 is 1.40 bits per heavy atom. The lowest BCUT2D eigenvalue weighted by atomic mass is 9.79. The second-order valence-electron chi connectivity index (χ2n) is 6.55. The highest BCUT2D eigenvalue weighted by atomic mass is 32.1. The van der Waals surface area contributed by atoms with Gasteiger partial charge in [0.15, 0.2) is 0 Å². The molecule has 1 amide bonds. The molecule has 0 N–H and O–H groups in total. The first kappa shape index (κ1) is 16.5. The number of carbonyl (C=O) groups is 1. The second kappa shape index (κ2) is 7.09. The number of hydrogen-bond donors (Lipinski definition) is 0. The molecule has 4 rings (SSSR count). The van der Waals surface area contributed by atoms with Crippen molar-refractivity contribution in [2.75, 3.05) is 19.7 Å². The van der Waals surface area contributed by atoms with Gasteiger partial charge in [-0.05, 0) is 30.4 Å². The number of likely N-dealkylation sites (tertiary alicyclic amines) is 1. The molecule has 2 aliphatic heterocycles. The van der Waals surface area contributed by atoms with Crippen LogP contribution in [0.1, 0.15) is 35.4 Å². The molecule has 0 radical (unpaired) electrons. The van der Waals surface area contributed by atoms with Gasteiger partial charge in [0.1, 0.15) is 0 Å². The SMILES string of the molecule is Cc1nnc([C@@H]2CCO[C@@H]3CCN(C(=O)/C=C/c4cccs4)C[C@@H]32)o1. The van der Waals surface area contributed by atoms with Crippen molar-refractivity contribution in [3.8, 4) is 0 Å². The number of ether oxygens (including phenoxy) is 1. The van der Waals surface area contributed by atoms with Gasteiger partial charge in [0.05, 0.1) is 6.10 Å². The highest BCUT2D eigenvalue weighted by Crippen LogP contribution is 2.39. The quantitative estimate of drug-likeness (QED) is 0.788. The van der Waals surface area contributed by atoms with Crippen molar-refractivity contribution in [3.05, 3.63) is 40.2 Å². The number of nitrogens with zero attached hydrogens (tertiary/aromatic N) is 3. The van der Waals surface area contributed by atoms with Crippen molar-refractivity contribution in [1.82, 2.24) is 15.1 Å². The van der Waals surface area contributed by atoms with Crippen molar-refractivity contribution in [2.24, 2.45) is 5.92 Å². The summed E-state index contributed by atoms with van der Waals surface area (Å²) in [6, 6.07) is 3.99. The van der Waals surface area contributed by atoms with Crippen LogP contribution in [0.4, 0.5) is 0 Å². The second-order valence-corrected chi connectivity index (χ2v) is 7.53. The third-order valence-electron chi connectivity index (χ3n) is 4.97. The van der Waals surface area contributed by atoms with Crippen LogP contribution in [0.25, 0.3) is 6.08 Å². The molecular formula is C18H21N3O3S.